The molecule has 2 aromatic rings. The molecule has 1 amide bonds. The number of hydrogen-bond donors (Lipinski definition) is 1. The van der Waals surface area contributed by atoms with Crippen LogP contribution >= 0.6 is 23.4 Å². The molecule has 2 rings (SSSR count). The van der Waals surface area contributed by atoms with E-state index in [0.29, 0.717) is 27.5 Å². The third-order valence-corrected chi connectivity index (χ3v) is 5.15. The highest BCUT2D eigenvalue weighted by molar-refractivity contribution is 7.99. The standard InChI is InChI=1S/C17H23ClN4O2S/c1-5-17(2,3)19-15(23)11-25-16-21-20-14(22(16)4)10-24-13-9-7-6-8-12(13)18/h6-9H,5,10-11H2,1-4H3,(H,19,23). The van der Waals surface area contributed by atoms with E-state index in [0.717, 1.165) is 6.42 Å². The molecule has 0 spiro atoms. The molecular formula is C17H23ClN4O2S. The third-order valence-electron chi connectivity index (χ3n) is 3.81. The lowest BCUT2D eigenvalue weighted by Crippen LogP contribution is -2.43. The maximum atomic E-state index is 12.0. The summed E-state index contributed by atoms with van der Waals surface area (Å²) in [5.74, 6) is 1.54. The van der Waals surface area contributed by atoms with E-state index in [1.165, 1.54) is 11.8 Å². The Bertz CT molecular complexity index is 733. The summed E-state index contributed by atoms with van der Waals surface area (Å²) in [6.45, 7) is 6.30. The van der Waals surface area contributed by atoms with Crippen LogP contribution in [0.5, 0.6) is 5.75 Å². The minimum Gasteiger partial charge on any atom is -0.484 e. The first kappa shape index (κ1) is 19.6. The first-order valence-corrected chi connectivity index (χ1v) is 9.38. The molecular weight excluding hydrogens is 360 g/mol. The SMILES string of the molecule is CCC(C)(C)NC(=O)CSc1nnc(COc2ccccc2Cl)n1C. The number of ether oxygens (including phenoxy) is 1. The van der Waals surface area contributed by atoms with Crippen molar-refractivity contribution in [2.45, 2.75) is 44.5 Å². The van der Waals surface area contributed by atoms with Gasteiger partial charge in [-0.25, -0.2) is 0 Å². The van der Waals surface area contributed by atoms with Crippen molar-refractivity contribution in [2.75, 3.05) is 5.75 Å². The van der Waals surface area contributed by atoms with E-state index < -0.39 is 0 Å². The number of carbonyl (C=O) groups is 1. The summed E-state index contributed by atoms with van der Waals surface area (Å²) in [5, 5.41) is 12.5. The molecule has 1 heterocycles. The van der Waals surface area contributed by atoms with E-state index >= 15 is 0 Å². The maximum Gasteiger partial charge on any atom is 0.230 e. The molecule has 136 valence electrons. The van der Waals surface area contributed by atoms with E-state index in [2.05, 4.69) is 15.5 Å². The Balaban J connectivity index is 1.90. The van der Waals surface area contributed by atoms with Crippen LogP contribution in [0.4, 0.5) is 0 Å². The molecule has 0 aliphatic rings. The lowest BCUT2D eigenvalue weighted by Gasteiger charge is -2.24. The normalized spacial score (nSPS) is 11.4. The van der Waals surface area contributed by atoms with Crippen molar-refractivity contribution in [1.82, 2.24) is 20.1 Å². The summed E-state index contributed by atoms with van der Waals surface area (Å²) in [4.78, 5) is 12.0. The number of amides is 1. The molecule has 0 saturated carbocycles. The summed E-state index contributed by atoms with van der Waals surface area (Å²) in [7, 11) is 1.85. The second-order valence-electron chi connectivity index (χ2n) is 6.25. The van der Waals surface area contributed by atoms with Crippen molar-refractivity contribution in [3.8, 4) is 5.75 Å². The minimum atomic E-state index is -0.203. The number of para-hydroxylation sites is 1. The van der Waals surface area contributed by atoms with E-state index in [-0.39, 0.29) is 18.1 Å². The van der Waals surface area contributed by atoms with Crippen LogP contribution in [0, 0.1) is 0 Å². The van der Waals surface area contributed by atoms with Crippen LogP contribution in [0.3, 0.4) is 0 Å². The molecule has 0 saturated heterocycles. The zero-order valence-electron chi connectivity index (χ0n) is 14.9. The lowest BCUT2D eigenvalue weighted by molar-refractivity contribution is -0.120. The van der Waals surface area contributed by atoms with Crippen LogP contribution in [-0.4, -0.2) is 32.0 Å². The van der Waals surface area contributed by atoms with Crippen LogP contribution in [0.2, 0.25) is 5.02 Å². The highest BCUT2D eigenvalue weighted by atomic mass is 35.5. The third kappa shape index (κ3) is 5.64. The van der Waals surface area contributed by atoms with Gasteiger partial charge in [0.15, 0.2) is 11.0 Å². The molecule has 8 heteroatoms. The van der Waals surface area contributed by atoms with E-state index in [4.69, 9.17) is 16.3 Å². The number of benzene rings is 1. The molecule has 0 aliphatic carbocycles. The fourth-order valence-corrected chi connectivity index (χ4v) is 2.85. The van der Waals surface area contributed by atoms with Gasteiger partial charge in [0.05, 0.1) is 10.8 Å². The van der Waals surface area contributed by atoms with Gasteiger partial charge in [-0.1, -0.05) is 42.4 Å². The van der Waals surface area contributed by atoms with Gasteiger partial charge in [-0.2, -0.15) is 0 Å². The number of carbonyl (C=O) groups excluding carboxylic acids is 1. The Labute approximate surface area is 157 Å². The fourth-order valence-electron chi connectivity index (χ4n) is 1.93. The summed E-state index contributed by atoms with van der Waals surface area (Å²) in [5.41, 5.74) is -0.203. The van der Waals surface area contributed by atoms with Crippen molar-refractivity contribution in [2.24, 2.45) is 7.05 Å². The van der Waals surface area contributed by atoms with Gasteiger partial charge in [-0.3, -0.25) is 4.79 Å². The second kappa shape index (κ2) is 8.58. The first-order chi connectivity index (χ1) is 11.8. The van der Waals surface area contributed by atoms with Gasteiger partial charge in [0.2, 0.25) is 5.91 Å². The highest BCUT2D eigenvalue weighted by Crippen LogP contribution is 2.24. The number of nitrogens with one attached hydrogen (secondary N) is 1. The molecule has 0 bridgehead atoms. The molecule has 0 atom stereocenters. The zero-order valence-corrected chi connectivity index (χ0v) is 16.4. The molecule has 25 heavy (non-hydrogen) atoms. The van der Waals surface area contributed by atoms with Crippen LogP contribution in [-0.2, 0) is 18.4 Å². The Morgan fingerprint density at radius 2 is 2.08 bits per heavy atom. The quantitative estimate of drug-likeness (QED) is 0.708. The highest BCUT2D eigenvalue weighted by Gasteiger charge is 2.19. The summed E-state index contributed by atoms with van der Waals surface area (Å²) in [6.07, 6.45) is 0.872. The van der Waals surface area contributed by atoms with Gasteiger partial charge in [0, 0.05) is 12.6 Å². The van der Waals surface area contributed by atoms with Crippen molar-refractivity contribution < 1.29 is 9.53 Å². The van der Waals surface area contributed by atoms with Crippen molar-refractivity contribution in [1.29, 1.82) is 0 Å². The van der Waals surface area contributed by atoms with Gasteiger partial charge in [0.25, 0.3) is 0 Å². The largest absolute Gasteiger partial charge is 0.484 e. The van der Waals surface area contributed by atoms with Crippen molar-refractivity contribution >= 4 is 29.3 Å². The Hall–Kier alpha value is -1.73. The van der Waals surface area contributed by atoms with E-state index in [9.17, 15) is 4.79 Å². The number of thioether (sulfide) groups is 1. The first-order valence-electron chi connectivity index (χ1n) is 8.02. The smallest absolute Gasteiger partial charge is 0.230 e. The average Bonchev–Trinajstić information content (AvgIpc) is 2.92. The fraction of sp³-hybridized carbons (Fsp3) is 0.471. The van der Waals surface area contributed by atoms with E-state index in [1.54, 1.807) is 12.1 Å². The second-order valence-corrected chi connectivity index (χ2v) is 7.60. The summed E-state index contributed by atoms with van der Waals surface area (Å²) >= 11 is 7.42. The molecule has 1 aromatic carbocycles. The molecule has 1 N–H and O–H groups in total. The molecule has 1 aromatic heterocycles. The maximum absolute atomic E-state index is 12.0. The number of aromatic nitrogens is 3. The Morgan fingerprint density at radius 1 is 1.36 bits per heavy atom. The number of hydrogen-bond acceptors (Lipinski definition) is 5. The molecule has 0 aliphatic heterocycles. The van der Waals surface area contributed by atoms with Crippen LogP contribution in [0.25, 0.3) is 0 Å². The molecule has 6 nitrogen and oxygen atoms in total. The number of rotatable bonds is 8. The van der Waals surface area contributed by atoms with Gasteiger partial charge >= 0.3 is 0 Å². The van der Waals surface area contributed by atoms with Crippen LogP contribution in [0.15, 0.2) is 29.4 Å². The van der Waals surface area contributed by atoms with Gasteiger partial charge in [-0.05, 0) is 32.4 Å². The predicted molar refractivity (Wildman–Crippen MR) is 100 cm³/mol. The molecule has 0 radical (unpaired) electrons. The summed E-state index contributed by atoms with van der Waals surface area (Å²) < 4.78 is 7.50. The monoisotopic (exact) mass is 382 g/mol. The van der Waals surface area contributed by atoms with Gasteiger partial charge in [0.1, 0.15) is 12.4 Å². The van der Waals surface area contributed by atoms with Crippen LogP contribution < -0.4 is 10.1 Å². The number of nitrogens with zero attached hydrogens (tertiary/aromatic N) is 3. The average molecular weight is 383 g/mol. The molecule has 0 unspecified atom stereocenters. The van der Waals surface area contributed by atoms with E-state index in [1.807, 2.05) is 44.5 Å². The molecule has 0 fully saturated rings. The lowest BCUT2D eigenvalue weighted by atomic mass is 10.0. The van der Waals surface area contributed by atoms with Crippen molar-refractivity contribution in [3.05, 3.63) is 35.1 Å². The van der Waals surface area contributed by atoms with Gasteiger partial charge < -0.3 is 14.6 Å². The predicted octanol–water partition coefficient (Wildman–Crippen LogP) is 3.44. The topological polar surface area (TPSA) is 69.0 Å². The zero-order chi connectivity index (χ0) is 18.4. The number of halogens is 1. The van der Waals surface area contributed by atoms with Gasteiger partial charge in [-0.15, -0.1) is 10.2 Å². The summed E-state index contributed by atoms with van der Waals surface area (Å²) in [6, 6.07) is 7.27. The Morgan fingerprint density at radius 3 is 2.76 bits per heavy atom. The minimum absolute atomic E-state index is 0.0197. The Kier molecular flexibility index (Phi) is 6.72. The van der Waals surface area contributed by atoms with Crippen LogP contribution in [0.1, 0.15) is 33.0 Å². The van der Waals surface area contributed by atoms with Crippen molar-refractivity contribution in [3.63, 3.8) is 0 Å².